The summed E-state index contributed by atoms with van der Waals surface area (Å²) in [5.74, 6) is 0.738. The summed E-state index contributed by atoms with van der Waals surface area (Å²) in [5, 5.41) is 0. The zero-order valence-corrected chi connectivity index (χ0v) is 13.9. The maximum atomic E-state index is 12.5. The molecule has 23 heavy (non-hydrogen) atoms. The highest BCUT2D eigenvalue weighted by Gasteiger charge is 2.32. The highest BCUT2D eigenvalue weighted by molar-refractivity contribution is 6.02. The van der Waals surface area contributed by atoms with Crippen molar-refractivity contribution in [3.63, 3.8) is 0 Å². The van der Waals surface area contributed by atoms with Crippen LogP contribution in [0, 0.1) is 0 Å². The molecule has 0 radical (unpaired) electrons. The van der Waals surface area contributed by atoms with Gasteiger partial charge in [0.25, 0.3) is 5.91 Å². The third kappa shape index (κ3) is 3.24. The average Bonchev–Trinajstić information content (AvgIpc) is 3.07. The number of hydrogen-bond donors (Lipinski definition) is 0. The standard InChI is InChI=1S/C18H24N2O3/c1-3-16(21)14-6-7-17-15(12-14)20(18(22)13(2)23-17)11-10-19-8-4-5-9-19/h6-7,12-13H,3-5,8-11H2,1-2H3. The molecule has 2 heterocycles. The smallest absolute Gasteiger partial charge is 0.267 e. The number of likely N-dealkylation sites (tertiary alicyclic amines) is 1. The fourth-order valence-corrected chi connectivity index (χ4v) is 3.26. The van der Waals surface area contributed by atoms with Crippen LogP contribution < -0.4 is 9.64 Å². The molecule has 1 aromatic rings. The molecule has 1 unspecified atom stereocenters. The predicted octanol–water partition coefficient (Wildman–Crippen LogP) is 2.49. The molecule has 124 valence electrons. The number of anilines is 1. The number of carbonyl (C=O) groups excluding carboxylic acids is 2. The molecule has 2 aliphatic rings. The van der Waals surface area contributed by atoms with E-state index in [0.717, 1.165) is 25.3 Å². The SMILES string of the molecule is CCC(=O)c1ccc2c(c1)N(CCN1CCCC1)C(=O)C(C)O2. The summed E-state index contributed by atoms with van der Waals surface area (Å²) in [6.07, 6.45) is 2.45. The summed E-state index contributed by atoms with van der Waals surface area (Å²) in [6.45, 7) is 7.34. The second-order valence-electron chi connectivity index (χ2n) is 6.26. The molecule has 2 aliphatic heterocycles. The summed E-state index contributed by atoms with van der Waals surface area (Å²) in [6, 6.07) is 5.39. The molecule has 5 nitrogen and oxygen atoms in total. The first-order chi connectivity index (χ1) is 11.1. The van der Waals surface area contributed by atoms with Gasteiger partial charge in [-0.2, -0.15) is 0 Å². The van der Waals surface area contributed by atoms with Crippen LogP contribution in [-0.4, -0.2) is 48.9 Å². The van der Waals surface area contributed by atoms with E-state index >= 15 is 0 Å². The number of nitrogens with zero attached hydrogens (tertiary/aromatic N) is 2. The highest BCUT2D eigenvalue weighted by atomic mass is 16.5. The zero-order chi connectivity index (χ0) is 16.4. The van der Waals surface area contributed by atoms with E-state index in [1.54, 1.807) is 24.0 Å². The van der Waals surface area contributed by atoms with Gasteiger partial charge >= 0.3 is 0 Å². The normalized spacial score (nSPS) is 21.2. The van der Waals surface area contributed by atoms with Gasteiger partial charge < -0.3 is 14.5 Å². The van der Waals surface area contributed by atoms with Gasteiger partial charge in [-0.1, -0.05) is 6.92 Å². The average molecular weight is 316 g/mol. The molecule has 0 spiro atoms. The molecule has 1 saturated heterocycles. The van der Waals surface area contributed by atoms with Crippen molar-refractivity contribution in [2.45, 2.75) is 39.2 Å². The van der Waals surface area contributed by atoms with Gasteiger partial charge in [-0.15, -0.1) is 0 Å². The minimum absolute atomic E-state index is 0.0298. The number of ketones is 1. The van der Waals surface area contributed by atoms with Crippen molar-refractivity contribution in [3.8, 4) is 5.75 Å². The number of hydrogen-bond acceptors (Lipinski definition) is 4. The van der Waals surface area contributed by atoms with E-state index in [4.69, 9.17) is 4.74 Å². The lowest BCUT2D eigenvalue weighted by Crippen LogP contribution is -2.47. The molecule has 1 aromatic carbocycles. The highest BCUT2D eigenvalue weighted by Crippen LogP contribution is 2.35. The molecular weight excluding hydrogens is 292 g/mol. The summed E-state index contributed by atoms with van der Waals surface area (Å²) in [7, 11) is 0. The van der Waals surface area contributed by atoms with Crippen molar-refractivity contribution in [2.24, 2.45) is 0 Å². The number of benzene rings is 1. The Bertz CT molecular complexity index is 608. The third-order valence-corrected chi connectivity index (χ3v) is 4.65. The first kappa shape index (κ1) is 16.0. The second kappa shape index (κ2) is 6.71. The van der Waals surface area contributed by atoms with E-state index in [1.165, 1.54) is 12.8 Å². The molecule has 0 aromatic heterocycles. The predicted molar refractivity (Wildman–Crippen MR) is 89.2 cm³/mol. The Balaban J connectivity index is 1.85. The lowest BCUT2D eigenvalue weighted by molar-refractivity contribution is -0.125. The van der Waals surface area contributed by atoms with Crippen LogP contribution in [0.25, 0.3) is 0 Å². The minimum atomic E-state index is -0.478. The van der Waals surface area contributed by atoms with E-state index in [2.05, 4.69) is 4.90 Å². The number of ether oxygens (including phenoxy) is 1. The Morgan fingerprint density at radius 3 is 2.70 bits per heavy atom. The van der Waals surface area contributed by atoms with Gasteiger partial charge in [0.1, 0.15) is 5.75 Å². The maximum Gasteiger partial charge on any atom is 0.267 e. The summed E-state index contributed by atoms with van der Waals surface area (Å²) < 4.78 is 5.70. The van der Waals surface area contributed by atoms with Crippen LogP contribution in [0.2, 0.25) is 0 Å². The van der Waals surface area contributed by atoms with Gasteiger partial charge in [0.15, 0.2) is 11.9 Å². The van der Waals surface area contributed by atoms with Crippen molar-refractivity contribution >= 4 is 17.4 Å². The number of rotatable bonds is 5. The van der Waals surface area contributed by atoms with Gasteiger partial charge in [0.2, 0.25) is 0 Å². The van der Waals surface area contributed by atoms with Crippen molar-refractivity contribution in [2.75, 3.05) is 31.1 Å². The maximum absolute atomic E-state index is 12.5. The van der Waals surface area contributed by atoms with Crippen LogP contribution in [0.15, 0.2) is 18.2 Å². The van der Waals surface area contributed by atoms with Crippen molar-refractivity contribution in [3.05, 3.63) is 23.8 Å². The molecule has 0 saturated carbocycles. The lowest BCUT2D eigenvalue weighted by atomic mass is 10.1. The third-order valence-electron chi connectivity index (χ3n) is 4.65. The molecule has 1 amide bonds. The molecule has 0 N–H and O–H groups in total. The monoisotopic (exact) mass is 316 g/mol. The van der Waals surface area contributed by atoms with Crippen LogP contribution in [-0.2, 0) is 4.79 Å². The Morgan fingerprint density at radius 2 is 2.00 bits per heavy atom. The van der Waals surface area contributed by atoms with Crippen LogP contribution >= 0.6 is 0 Å². The van der Waals surface area contributed by atoms with Crippen LogP contribution in [0.3, 0.4) is 0 Å². The van der Waals surface area contributed by atoms with Gasteiger partial charge in [0, 0.05) is 25.1 Å². The summed E-state index contributed by atoms with van der Waals surface area (Å²) in [5.41, 5.74) is 1.37. The fourth-order valence-electron chi connectivity index (χ4n) is 3.26. The quantitative estimate of drug-likeness (QED) is 0.783. The summed E-state index contributed by atoms with van der Waals surface area (Å²) >= 11 is 0. The Labute approximate surface area is 137 Å². The van der Waals surface area contributed by atoms with E-state index < -0.39 is 6.10 Å². The lowest BCUT2D eigenvalue weighted by Gasteiger charge is -2.34. The first-order valence-electron chi connectivity index (χ1n) is 8.47. The number of Topliss-reactive ketones (excluding diaryl/α,β-unsaturated/α-hetero) is 1. The molecule has 0 aliphatic carbocycles. The van der Waals surface area contributed by atoms with Gasteiger partial charge in [-0.05, 0) is 51.1 Å². The zero-order valence-electron chi connectivity index (χ0n) is 13.9. The molecule has 3 rings (SSSR count). The van der Waals surface area contributed by atoms with E-state index in [9.17, 15) is 9.59 Å². The second-order valence-corrected chi connectivity index (χ2v) is 6.26. The van der Waals surface area contributed by atoms with Crippen LogP contribution in [0.1, 0.15) is 43.5 Å². The molecule has 5 heteroatoms. The minimum Gasteiger partial charge on any atom is -0.479 e. The van der Waals surface area contributed by atoms with Gasteiger partial charge in [0.05, 0.1) is 5.69 Å². The van der Waals surface area contributed by atoms with Crippen molar-refractivity contribution < 1.29 is 14.3 Å². The Hall–Kier alpha value is -1.88. The number of carbonyl (C=O) groups is 2. The number of amides is 1. The Morgan fingerprint density at radius 1 is 1.26 bits per heavy atom. The first-order valence-corrected chi connectivity index (χ1v) is 8.47. The van der Waals surface area contributed by atoms with Gasteiger partial charge in [-0.25, -0.2) is 0 Å². The Kier molecular flexibility index (Phi) is 4.66. The molecule has 1 atom stereocenters. The van der Waals surface area contributed by atoms with E-state index in [-0.39, 0.29) is 11.7 Å². The summed E-state index contributed by atoms with van der Waals surface area (Å²) in [4.78, 5) is 28.7. The van der Waals surface area contributed by atoms with Crippen molar-refractivity contribution in [1.82, 2.24) is 4.90 Å². The van der Waals surface area contributed by atoms with Gasteiger partial charge in [-0.3, -0.25) is 9.59 Å². The number of fused-ring (bicyclic) bond motifs is 1. The molecule has 1 fully saturated rings. The topological polar surface area (TPSA) is 49.9 Å². The molecule has 0 bridgehead atoms. The van der Waals surface area contributed by atoms with Crippen LogP contribution in [0.4, 0.5) is 5.69 Å². The molecular formula is C18H24N2O3. The van der Waals surface area contributed by atoms with E-state index in [1.807, 2.05) is 13.0 Å². The van der Waals surface area contributed by atoms with Crippen molar-refractivity contribution in [1.29, 1.82) is 0 Å². The fraction of sp³-hybridized carbons (Fsp3) is 0.556. The van der Waals surface area contributed by atoms with E-state index in [0.29, 0.717) is 24.3 Å². The van der Waals surface area contributed by atoms with Crippen LogP contribution in [0.5, 0.6) is 5.75 Å². The largest absolute Gasteiger partial charge is 0.479 e.